The van der Waals surface area contributed by atoms with Gasteiger partial charge in [-0.15, -0.1) is 0 Å². The Morgan fingerprint density at radius 2 is 1.36 bits per heavy atom. The highest BCUT2D eigenvalue weighted by Crippen LogP contribution is 2.42. The third-order valence-electron chi connectivity index (χ3n) is 4.48. The minimum Gasteiger partial charge on any atom is -0.462 e. The first kappa shape index (κ1) is 15.7. The van der Waals surface area contributed by atoms with E-state index in [2.05, 4.69) is 47.0 Å². The Morgan fingerprint density at radius 1 is 0.760 bits per heavy atom. The molecule has 0 aliphatic carbocycles. The van der Waals surface area contributed by atoms with Crippen LogP contribution in [-0.4, -0.2) is 26.2 Å². The maximum atomic E-state index is 5.81. The molecule has 0 bridgehead atoms. The molecule has 1 heterocycles. The lowest BCUT2D eigenvalue weighted by Crippen LogP contribution is -2.15. The van der Waals surface area contributed by atoms with Gasteiger partial charge in [-0.25, -0.2) is 0 Å². The molecule has 0 saturated carbocycles. The lowest BCUT2D eigenvalue weighted by molar-refractivity contribution is 0.617. The van der Waals surface area contributed by atoms with E-state index in [0.717, 1.165) is 33.1 Å². The average Bonchev–Trinajstić information content (AvgIpc) is 3.12. The van der Waals surface area contributed by atoms with E-state index in [9.17, 15) is 0 Å². The Hall–Kier alpha value is -2.76. The zero-order chi connectivity index (χ0) is 17.2. The Morgan fingerprint density at radius 3 is 2.00 bits per heavy atom. The molecule has 5 nitrogen and oxygen atoms in total. The highest BCUT2D eigenvalue weighted by atomic mass is 16.3. The van der Waals surface area contributed by atoms with Crippen LogP contribution in [0, 0.1) is 0 Å². The van der Waals surface area contributed by atoms with E-state index in [4.69, 9.17) is 15.9 Å². The van der Waals surface area contributed by atoms with Gasteiger partial charge in [0.2, 0.25) is 0 Å². The maximum absolute atomic E-state index is 5.81. The first-order valence-corrected chi connectivity index (χ1v) is 8.57. The fourth-order valence-electron chi connectivity index (χ4n) is 3.38. The zero-order valence-corrected chi connectivity index (χ0v) is 14.0. The van der Waals surface area contributed by atoms with Crippen LogP contribution in [0.5, 0.6) is 0 Å². The number of nitrogens with one attached hydrogen (secondary N) is 2. The topological polar surface area (TPSA) is 89.2 Å². The van der Waals surface area contributed by atoms with Gasteiger partial charge < -0.3 is 26.5 Å². The van der Waals surface area contributed by atoms with E-state index in [1.165, 1.54) is 10.8 Å². The Balaban J connectivity index is 2.09. The summed E-state index contributed by atoms with van der Waals surface area (Å²) in [4.78, 5) is 0. The molecule has 0 aliphatic heterocycles. The second-order valence-corrected chi connectivity index (χ2v) is 6.09. The quantitative estimate of drug-likeness (QED) is 0.320. The zero-order valence-electron chi connectivity index (χ0n) is 14.0. The van der Waals surface area contributed by atoms with Gasteiger partial charge >= 0.3 is 0 Å². The van der Waals surface area contributed by atoms with Crippen molar-refractivity contribution in [1.82, 2.24) is 0 Å². The molecular weight excluding hydrogens is 312 g/mol. The molecule has 128 valence electrons. The number of furan rings is 1. The molecule has 0 fully saturated rings. The van der Waals surface area contributed by atoms with Crippen molar-refractivity contribution in [3.63, 3.8) is 0 Å². The van der Waals surface area contributed by atoms with E-state index in [1.54, 1.807) is 6.26 Å². The summed E-state index contributed by atoms with van der Waals surface area (Å²) in [5.74, 6) is 0. The molecule has 0 aliphatic rings. The molecule has 4 rings (SSSR count). The van der Waals surface area contributed by atoms with Gasteiger partial charge in [-0.05, 0) is 29.0 Å². The minimum absolute atomic E-state index is 0.560. The summed E-state index contributed by atoms with van der Waals surface area (Å²) in [5.41, 5.74) is 14.3. The summed E-state index contributed by atoms with van der Waals surface area (Å²) in [6.07, 6.45) is 1.73. The second-order valence-electron chi connectivity index (χ2n) is 6.09. The number of hydrogen-bond donors (Lipinski definition) is 4. The summed E-state index contributed by atoms with van der Waals surface area (Å²) < 4.78 is 5.81. The van der Waals surface area contributed by atoms with Gasteiger partial charge in [-0.1, -0.05) is 24.3 Å². The summed E-state index contributed by atoms with van der Waals surface area (Å²) >= 11 is 0. The van der Waals surface area contributed by atoms with Crippen LogP contribution in [0.2, 0.25) is 0 Å². The molecule has 5 heteroatoms. The van der Waals surface area contributed by atoms with Crippen molar-refractivity contribution in [3.05, 3.63) is 48.7 Å². The first-order valence-electron chi connectivity index (χ1n) is 8.57. The van der Waals surface area contributed by atoms with Crippen molar-refractivity contribution in [2.24, 2.45) is 11.5 Å². The molecule has 0 atom stereocenters. The molecule has 0 spiro atoms. The van der Waals surface area contributed by atoms with E-state index < -0.39 is 0 Å². The highest BCUT2D eigenvalue weighted by Gasteiger charge is 2.16. The van der Waals surface area contributed by atoms with E-state index in [1.807, 2.05) is 6.07 Å². The highest BCUT2D eigenvalue weighted by molar-refractivity contribution is 6.20. The van der Waals surface area contributed by atoms with Crippen molar-refractivity contribution in [3.8, 4) is 0 Å². The number of benzene rings is 3. The Bertz CT molecular complexity index is 957. The summed E-state index contributed by atoms with van der Waals surface area (Å²) in [7, 11) is 0. The smallest absolute Gasteiger partial charge is 0.159 e. The molecule has 3 aromatic carbocycles. The molecule has 4 aromatic rings. The van der Waals surface area contributed by atoms with Gasteiger partial charge in [0.05, 0.1) is 17.6 Å². The van der Waals surface area contributed by atoms with Crippen LogP contribution in [0.1, 0.15) is 0 Å². The molecule has 6 N–H and O–H groups in total. The van der Waals surface area contributed by atoms with Crippen LogP contribution in [0.15, 0.2) is 53.1 Å². The van der Waals surface area contributed by atoms with Crippen molar-refractivity contribution in [2.75, 3.05) is 36.8 Å². The van der Waals surface area contributed by atoms with E-state index in [-0.39, 0.29) is 0 Å². The fourth-order valence-corrected chi connectivity index (χ4v) is 3.38. The largest absolute Gasteiger partial charge is 0.462 e. The van der Waals surface area contributed by atoms with E-state index >= 15 is 0 Å². The number of hydrogen-bond acceptors (Lipinski definition) is 5. The third kappa shape index (κ3) is 2.67. The standard InChI is InChI=1S/C20H22N4O/c21-6-8-23-18-15-5-10-25-20(15)19(24-9-7-22)17-12-14-4-2-1-3-13(14)11-16(17)18/h1-5,10-12,23-24H,6-9,21-22H2. The van der Waals surface area contributed by atoms with Crippen LogP contribution in [0.4, 0.5) is 11.4 Å². The molecule has 0 radical (unpaired) electrons. The summed E-state index contributed by atoms with van der Waals surface area (Å²) in [5, 5.41) is 12.6. The normalized spacial score (nSPS) is 11.4. The van der Waals surface area contributed by atoms with Gasteiger partial charge in [-0.3, -0.25) is 0 Å². The first-order chi connectivity index (χ1) is 12.3. The molecule has 25 heavy (non-hydrogen) atoms. The lowest BCUT2D eigenvalue weighted by Gasteiger charge is -2.16. The molecule has 1 aromatic heterocycles. The molecule has 0 saturated heterocycles. The minimum atomic E-state index is 0.560. The lowest BCUT2D eigenvalue weighted by atomic mass is 9.98. The van der Waals surface area contributed by atoms with Crippen LogP contribution in [0.25, 0.3) is 32.5 Å². The van der Waals surface area contributed by atoms with Crippen molar-refractivity contribution >= 4 is 43.9 Å². The number of anilines is 2. The molecular formula is C20H22N4O. The maximum Gasteiger partial charge on any atom is 0.159 e. The predicted molar refractivity (Wildman–Crippen MR) is 106 cm³/mol. The van der Waals surface area contributed by atoms with Gasteiger partial charge in [0.1, 0.15) is 0 Å². The van der Waals surface area contributed by atoms with Gasteiger partial charge in [0.25, 0.3) is 0 Å². The third-order valence-corrected chi connectivity index (χ3v) is 4.48. The monoisotopic (exact) mass is 334 g/mol. The van der Waals surface area contributed by atoms with Crippen LogP contribution < -0.4 is 22.1 Å². The van der Waals surface area contributed by atoms with Crippen molar-refractivity contribution in [1.29, 1.82) is 0 Å². The number of fused-ring (bicyclic) bond motifs is 3. The number of nitrogens with two attached hydrogens (primary N) is 2. The SMILES string of the molecule is NCCNc1c2cc3ccccc3cc2c(NCCN)c2occc12. The average molecular weight is 334 g/mol. The van der Waals surface area contributed by atoms with Crippen LogP contribution in [0.3, 0.4) is 0 Å². The fraction of sp³-hybridized carbons (Fsp3) is 0.200. The van der Waals surface area contributed by atoms with E-state index in [0.29, 0.717) is 26.2 Å². The molecule has 0 unspecified atom stereocenters. The van der Waals surface area contributed by atoms with Gasteiger partial charge in [0.15, 0.2) is 5.58 Å². The van der Waals surface area contributed by atoms with Crippen molar-refractivity contribution < 1.29 is 4.42 Å². The Kier molecular flexibility index (Phi) is 4.17. The number of rotatable bonds is 6. The second kappa shape index (κ2) is 6.63. The van der Waals surface area contributed by atoms with Crippen molar-refractivity contribution in [2.45, 2.75) is 0 Å². The molecule has 0 amide bonds. The predicted octanol–water partition coefficient (Wildman–Crippen LogP) is 3.48. The summed E-state index contributed by atoms with van der Waals surface area (Å²) in [6.45, 7) is 2.52. The van der Waals surface area contributed by atoms with Gasteiger partial charge in [0, 0.05) is 42.3 Å². The van der Waals surface area contributed by atoms with Crippen LogP contribution in [-0.2, 0) is 0 Å². The summed E-state index contributed by atoms with van der Waals surface area (Å²) in [6, 6.07) is 14.8. The van der Waals surface area contributed by atoms with Crippen LogP contribution >= 0.6 is 0 Å². The Labute approximate surface area is 146 Å². The van der Waals surface area contributed by atoms with Gasteiger partial charge in [-0.2, -0.15) is 0 Å².